The third-order valence-electron chi connectivity index (χ3n) is 6.29. The Labute approximate surface area is 175 Å². The van der Waals surface area contributed by atoms with Gasteiger partial charge < -0.3 is 19.9 Å². The van der Waals surface area contributed by atoms with Gasteiger partial charge in [-0.3, -0.25) is 9.36 Å². The van der Waals surface area contributed by atoms with Crippen LogP contribution in [-0.2, 0) is 0 Å². The Bertz CT molecular complexity index is 975. The molecule has 1 aromatic heterocycles. The highest BCUT2D eigenvalue weighted by atomic mass is 16.4. The summed E-state index contributed by atoms with van der Waals surface area (Å²) >= 11 is 0. The van der Waals surface area contributed by atoms with E-state index in [1.807, 2.05) is 37.3 Å². The monoisotopic (exact) mass is 412 g/mol. The molecule has 30 heavy (non-hydrogen) atoms. The number of H-pyrrole nitrogens is 1. The standard InChI is InChI=1S/C22H28N4O4/c1-15-14-24(22(29)30)12-13-25(15)20(27)18-19(16-8-4-2-5-9-16)26(21(28)23-18)17-10-6-3-7-11-17/h2,4-5,8-9,15,17H,3,6-7,10-14H2,1H3,(H,23,28)(H,29,30). The van der Waals surface area contributed by atoms with Crippen LogP contribution < -0.4 is 5.69 Å². The molecule has 1 saturated heterocycles. The van der Waals surface area contributed by atoms with Crippen molar-refractivity contribution >= 4 is 12.0 Å². The minimum absolute atomic E-state index is 0.0838. The SMILES string of the molecule is CC1CN(C(=O)O)CCN1C(=O)c1[nH]c(=O)n(C2CCCCC2)c1-c1ccccc1. The highest BCUT2D eigenvalue weighted by Crippen LogP contribution is 2.33. The number of aromatic amines is 1. The summed E-state index contributed by atoms with van der Waals surface area (Å²) in [6, 6.07) is 9.37. The van der Waals surface area contributed by atoms with Crippen molar-refractivity contribution in [1.82, 2.24) is 19.4 Å². The van der Waals surface area contributed by atoms with E-state index in [1.165, 1.54) is 11.3 Å². The Morgan fingerprint density at radius 2 is 1.77 bits per heavy atom. The maximum Gasteiger partial charge on any atom is 0.407 e. The van der Waals surface area contributed by atoms with E-state index in [0.29, 0.717) is 17.9 Å². The van der Waals surface area contributed by atoms with Crippen LogP contribution >= 0.6 is 0 Å². The highest BCUT2D eigenvalue weighted by Gasteiger charge is 2.34. The van der Waals surface area contributed by atoms with Gasteiger partial charge in [0.05, 0.1) is 5.69 Å². The maximum atomic E-state index is 13.5. The van der Waals surface area contributed by atoms with Gasteiger partial charge in [-0.05, 0) is 19.8 Å². The Morgan fingerprint density at radius 3 is 2.40 bits per heavy atom. The van der Waals surface area contributed by atoms with Crippen LogP contribution in [0.25, 0.3) is 11.3 Å². The second-order valence-electron chi connectivity index (χ2n) is 8.26. The molecule has 2 aromatic rings. The summed E-state index contributed by atoms with van der Waals surface area (Å²) in [6.45, 7) is 2.66. The molecule has 1 unspecified atom stereocenters. The lowest BCUT2D eigenvalue weighted by molar-refractivity contribution is 0.0480. The number of aromatic nitrogens is 2. The van der Waals surface area contributed by atoms with Gasteiger partial charge in [-0.2, -0.15) is 0 Å². The number of carboxylic acid groups (broad SMARTS) is 1. The third kappa shape index (κ3) is 3.74. The number of nitrogens with zero attached hydrogens (tertiary/aromatic N) is 3. The van der Waals surface area contributed by atoms with Gasteiger partial charge in [0.1, 0.15) is 5.69 Å². The van der Waals surface area contributed by atoms with Crippen LogP contribution in [0.4, 0.5) is 4.79 Å². The van der Waals surface area contributed by atoms with Crippen molar-refractivity contribution in [2.24, 2.45) is 0 Å². The summed E-state index contributed by atoms with van der Waals surface area (Å²) in [5.74, 6) is -0.252. The van der Waals surface area contributed by atoms with E-state index in [1.54, 1.807) is 9.47 Å². The molecule has 2 fully saturated rings. The van der Waals surface area contributed by atoms with E-state index in [9.17, 15) is 19.5 Å². The molecule has 2 amide bonds. The Hall–Kier alpha value is -3.03. The molecule has 2 N–H and O–H groups in total. The van der Waals surface area contributed by atoms with Crippen LogP contribution in [0.3, 0.4) is 0 Å². The summed E-state index contributed by atoms with van der Waals surface area (Å²) in [5.41, 5.74) is 1.53. The van der Waals surface area contributed by atoms with E-state index >= 15 is 0 Å². The molecular formula is C22H28N4O4. The second-order valence-corrected chi connectivity index (χ2v) is 8.26. The normalized spacial score (nSPS) is 20.4. The summed E-state index contributed by atoms with van der Waals surface area (Å²) in [5, 5.41) is 9.25. The van der Waals surface area contributed by atoms with Gasteiger partial charge >= 0.3 is 11.8 Å². The quantitative estimate of drug-likeness (QED) is 0.809. The fraction of sp³-hybridized carbons (Fsp3) is 0.500. The topological polar surface area (TPSA) is 98.6 Å². The largest absolute Gasteiger partial charge is 0.465 e. The first kappa shape index (κ1) is 20.3. The van der Waals surface area contributed by atoms with Crippen molar-refractivity contribution in [2.75, 3.05) is 19.6 Å². The van der Waals surface area contributed by atoms with Crippen molar-refractivity contribution in [3.63, 3.8) is 0 Å². The number of rotatable bonds is 3. The molecule has 1 aliphatic carbocycles. The number of hydrogen-bond donors (Lipinski definition) is 2. The van der Waals surface area contributed by atoms with E-state index in [-0.39, 0.29) is 36.8 Å². The molecule has 0 radical (unpaired) electrons. The minimum Gasteiger partial charge on any atom is -0.465 e. The molecule has 160 valence electrons. The highest BCUT2D eigenvalue weighted by molar-refractivity contribution is 5.98. The fourth-order valence-electron chi connectivity index (χ4n) is 4.75. The Balaban J connectivity index is 1.74. The van der Waals surface area contributed by atoms with Gasteiger partial charge in [-0.15, -0.1) is 0 Å². The van der Waals surface area contributed by atoms with Gasteiger partial charge in [0.2, 0.25) is 0 Å². The number of piperazine rings is 1. The van der Waals surface area contributed by atoms with E-state index < -0.39 is 6.09 Å². The molecule has 1 saturated carbocycles. The molecule has 1 aliphatic heterocycles. The van der Waals surface area contributed by atoms with Crippen molar-refractivity contribution < 1.29 is 14.7 Å². The second kappa shape index (κ2) is 8.38. The number of benzene rings is 1. The zero-order valence-electron chi connectivity index (χ0n) is 17.2. The van der Waals surface area contributed by atoms with Crippen molar-refractivity contribution in [1.29, 1.82) is 0 Å². The smallest absolute Gasteiger partial charge is 0.407 e. The molecule has 8 heteroatoms. The zero-order valence-corrected chi connectivity index (χ0v) is 17.2. The number of imidazole rings is 1. The molecular weight excluding hydrogens is 384 g/mol. The molecule has 0 spiro atoms. The predicted molar refractivity (Wildman–Crippen MR) is 113 cm³/mol. The van der Waals surface area contributed by atoms with Crippen molar-refractivity contribution in [3.8, 4) is 11.3 Å². The van der Waals surface area contributed by atoms with Crippen LogP contribution in [0.1, 0.15) is 55.6 Å². The summed E-state index contributed by atoms with van der Waals surface area (Å²) < 4.78 is 1.78. The van der Waals surface area contributed by atoms with E-state index in [4.69, 9.17) is 0 Å². The summed E-state index contributed by atoms with van der Waals surface area (Å²) in [6.07, 6.45) is 4.21. The first-order valence-corrected chi connectivity index (χ1v) is 10.7. The third-order valence-corrected chi connectivity index (χ3v) is 6.29. The van der Waals surface area contributed by atoms with E-state index in [0.717, 1.165) is 31.2 Å². The number of carbonyl (C=O) groups excluding carboxylic acids is 1. The molecule has 4 rings (SSSR count). The Kier molecular flexibility index (Phi) is 5.65. The first-order valence-electron chi connectivity index (χ1n) is 10.7. The average Bonchev–Trinajstić information content (AvgIpc) is 3.11. The van der Waals surface area contributed by atoms with Crippen molar-refractivity contribution in [2.45, 2.75) is 51.1 Å². The van der Waals surface area contributed by atoms with Gasteiger partial charge in [0, 0.05) is 37.3 Å². The van der Waals surface area contributed by atoms with Gasteiger partial charge in [-0.25, -0.2) is 9.59 Å². The van der Waals surface area contributed by atoms with E-state index in [2.05, 4.69) is 4.98 Å². The van der Waals surface area contributed by atoms with Gasteiger partial charge in [-0.1, -0.05) is 49.6 Å². The average molecular weight is 412 g/mol. The number of nitrogens with one attached hydrogen (secondary N) is 1. The van der Waals surface area contributed by atoms with Crippen molar-refractivity contribution in [3.05, 3.63) is 46.5 Å². The van der Waals surface area contributed by atoms with Crippen LogP contribution in [0.2, 0.25) is 0 Å². The first-order chi connectivity index (χ1) is 14.5. The zero-order chi connectivity index (χ0) is 21.3. The maximum absolute atomic E-state index is 13.5. The molecule has 2 aliphatic rings. The summed E-state index contributed by atoms with van der Waals surface area (Å²) in [4.78, 5) is 43.6. The number of hydrogen-bond acceptors (Lipinski definition) is 3. The lowest BCUT2D eigenvalue weighted by atomic mass is 9.94. The Morgan fingerprint density at radius 1 is 1.07 bits per heavy atom. The number of amides is 2. The lowest BCUT2D eigenvalue weighted by Crippen LogP contribution is -2.55. The molecule has 8 nitrogen and oxygen atoms in total. The minimum atomic E-state index is -0.976. The summed E-state index contributed by atoms with van der Waals surface area (Å²) in [7, 11) is 0. The van der Waals surface area contributed by atoms with Crippen LogP contribution in [-0.4, -0.2) is 62.1 Å². The molecule has 1 aromatic carbocycles. The van der Waals surface area contributed by atoms with Crippen LogP contribution in [0.15, 0.2) is 35.1 Å². The molecule has 1 atom stereocenters. The lowest BCUT2D eigenvalue weighted by Gasteiger charge is -2.38. The fourth-order valence-corrected chi connectivity index (χ4v) is 4.75. The van der Waals surface area contributed by atoms with Crippen LogP contribution in [0.5, 0.6) is 0 Å². The predicted octanol–water partition coefficient (Wildman–Crippen LogP) is 3.17. The van der Waals surface area contributed by atoms with Crippen LogP contribution in [0, 0.1) is 0 Å². The van der Waals surface area contributed by atoms with Gasteiger partial charge in [0.15, 0.2) is 0 Å². The van der Waals surface area contributed by atoms with Gasteiger partial charge in [0.25, 0.3) is 5.91 Å². The molecule has 0 bridgehead atoms. The number of carbonyl (C=O) groups is 2. The molecule has 2 heterocycles.